The Morgan fingerprint density at radius 1 is 1.18 bits per heavy atom. The van der Waals surface area contributed by atoms with Crippen molar-refractivity contribution in [3.63, 3.8) is 0 Å². The average molecular weight is 476 g/mol. The van der Waals surface area contributed by atoms with Gasteiger partial charge < -0.3 is 16.4 Å². The highest BCUT2D eigenvalue weighted by Crippen LogP contribution is 2.33. The summed E-state index contributed by atoms with van der Waals surface area (Å²) in [6, 6.07) is 1.21. The minimum atomic E-state index is -1.09. The number of carbonyl (C=O) groups is 1. The third kappa shape index (κ3) is 5.23. The summed E-state index contributed by atoms with van der Waals surface area (Å²) in [7, 11) is 0. The number of carbonyl (C=O) groups excluding carboxylic acids is 1. The molecule has 8 nitrogen and oxygen atoms in total. The number of aromatic nitrogens is 4. The van der Waals surface area contributed by atoms with Crippen LogP contribution < -0.4 is 16.4 Å². The molecule has 1 amide bonds. The fourth-order valence-corrected chi connectivity index (χ4v) is 4.47. The van der Waals surface area contributed by atoms with Gasteiger partial charge in [0.1, 0.15) is 17.0 Å². The maximum Gasteiger partial charge on any atom is 0.224 e. The number of benzene rings is 1. The lowest BCUT2D eigenvalue weighted by atomic mass is 10.1. The number of hydrogen-bond acceptors (Lipinski definition) is 6. The minimum absolute atomic E-state index is 0.120. The zero-order chi connectivity index (χ0) is 24.2. The Balaban J connectivity index is 1.79. The van der Waals surface area contributed by atoms with E-state index in [2.05, 4.69) is 25.6 Å². The van der Waals surface area contributed by atoms with Crippen LogP contribution >= 0.6 is 0 Å². The normalized spacial score (nSPS) is 15.1. The molecule has 182 valence electrons. The first-order valence-electron chi connectivity index (χ1n) is 11.6. The molecule has 1 aliphatic carbocycles. The Bertz CT molecular complexity index is 1150. The summed E-state index contributed by atoms with van der Waals surface area (Å²) in [6.07, 6.45) is 7.86. The van der Waals surface area contributed by atoms with E-state index in [1.807, 2.05) is 6.92 Å². The third-order valence-corrected chi connectivity index (χ3v) is 6.08. The fraction of sp³-hybridized carbons (Fsp3) is 0.478. The predicted octanol–water partition coefficient (Wildman–Crippen LogP) is 4.95. The van der Waals surface area contributed by atoms with Crippen LogP contribution in [0.4, 0.5) is 30.8 Å². The van der Waals surface area contributed by atoms with E-state index in [1.54, 1.807) is 10.8 Å². The van der Waals surface area contributed by atoms with Crippen LogP contribution in [0.3, 0.4) is 0 Å². The van der Waals surface area contributed by atoms with E-state index >= 15 is 0 Å². The van der Waals surface area contributed by atoms with Crippen molar-refractivity contribution >= 4 is 34.7 Å². The summed E-state index contributed by atoms with van der Waals surface area (Å²) in [5, 5.41) is 6.02. The van der Waals surface area contributed by atoms with Crippen LogP contribution in [-0.4, -0.2) is 31.5 Å². The van der Waals surface area contributed by atoms with E-state index in [0.29, 0.717) is 42.1 Å². The SMILES string of the molecule is CCC[C@@H](CCC(N)=O)n1c(Nc2c(F)cc(F)cc2F)nc2cnc(NC3CCCC3)nc21. The number of halogens is 3. The Hall–Kier alpha value is -3.37. The van der Waals surface area contributed by atoms with Gasteiger partial charge in [-0.05, 0) is 25.7 Å². The first-order chi connectivity index (χ1) is 16.4. The lowest BCUT2D eigenvalue weighted by Gasteiger charge is -2.21. The van der Waals surface area contributed by atoms with Crippen LogP contribution in [-0.2, 0) is 4.79 Å². The summed E-state index contributed by atoms with van der Waals surface area (Å²) in [5.41, 5.74) is 5.74. The van der Waals surface area contributed by atoms with Gasteiger partial charge in [-0.1, -0.05) is 26.2 Å². The van der Waals surface area contributed by atoms with Crippen LogP contribution in [0.25, 0.3) is 11.2 Å². The smallest absolute Gasteiger partial charge is 0.224 e. The highest BCUT2D eigenvalue weighted by Gasteiger charge is 2.24. The molecule has 1 aliphatic rings. The van der Waals surface area contributed by atoms with Gasteiger partial charge >= 0.3 is 0 Å². The zero-order valence-electron chi connectivity index (χ0n) is 19.0. The second-order valence-electron chi connectivity index (χ2n) is 8.65. The average Bonchev–Trinajstić information content (AvgIpc) is 3.41. The van der Waals surface area contributed by atoms with Gasteiger partial charge in [0, 0.05) is 30.6 Å². The quantitative estimate of drug-likeness (QED) is 0.383. The van der Waals surface area contributed by atoms with Gasteiger partial charge in [0.15, 0.2) is 17.3 Å². The first-order valence-corrected chi connectivity index (χ1v) is 11.6. The number of hydrogen-bond donors (Lipinski definition) is 3. The largest absolute Gasteiger partial charge is 0.370 e. The van der Waals surface area contributed by atoms with Gasteiger partial charge in [0.05, 0.1) is 6.20 Å². The van der Waals surface area contributed by atoms with Crippen molar-refractivity contribution in [1.29, 1.82) is 0 Å². The molecule has 2 heterocycles. The fourth-order valence-electron chi connectivity index (χ4n) is 4.47. The van der Waals surface area contributed by atoms with Crippen LogP contribution in [0.1, 0.15) is 64.3 Å². The number of nitrogens with zero attached hydrogens (tertiary/aromatic N) is 4. The van der Waals surface area contributed by atoms with E-state index in [-0.39, 0.29) is 24.5 Å². The molecular weight excluding hydrogens is 447 g/mol. The molecule has 0 spiro atoms. The van der Waals surface area contributed by atoms with Gasteiger partial charge in [0.2, 0.25) is 17.8 Å². The van der Waals surface area contributed by atoms with Crippen LogP contribution in [0, 0.1) is 17.5 Å². The van der Waals surface area contributed by atoms with Gasteiger partial charge in [-0.15, -0.1) is 0 Å². The topological polar surface area (TPSA) is 111 Å². The first kappa shape index (κ1) is 23.8. The van der Waals surface area contributed by atoms with Crippen molar-refractivity contribution in [2.45, 2.75) is 70.4 Å². The molecule has 3 aromatic rings. The molecular formula is C23H28F3N7O. The standard InChI is InChI=1S/C23H28F3N7O/c1-2-5-15(8-9-19(27)34)33-21-18(12-28-22(32-21)29-14-6-3-4-7-14)30-23(33)31-20-16(25)10-13(24)11-17(20)26/h10-12,14-15H,2-9H2,1H3,(H2,27,34)(H,30,31)(H,28,29,32)/t15-/m0/s1. The second kappa shape index (κ2) is 10.3. The zero-order valence-corrected chi connectivity index (χ0v) is 19.0. The molecule has 0 bridgehead atoms. The van der Waals surface area contributed by atoms with E-state index < -0.39 is 29.0 Å². The number of primary amides is 1. The van der Waals surface area contributed by atoms with Crippen LogP contribution in [0.15, 0.2) is 18.3 Å². The van der Waals surface area contributed by atoms with Crippen LogP contribution in [0.5, 0.6) is 0 Å². The predicted molar refractivity (Wildman–Crippen MR) is 123 cm³/mol. The molecule has 0 saturated heterocycles. The maximum absolute atomic E-state index is 14.4. The molecule has 0 unspecified atom stereocenters. The molecule has 4 N–H and O–H groups in total. The van der Waals surface area contributed by atoms with E-state index in [4.69, 9.17) is 5.73 Å². The van der Waals surface area contributed by atoms with Gasteiger partial charge in [-0.25, -0.2) is 23.1 Å². The second-order valence-corrected chi connectivity index (χ2v) is 8.65. The van der Waals surface area contributed by atoms with Gasteiger partial charge in [-0.2, -0.15) is 4.98 Å². The van der Waals surface area contributed by atoms with Crippen molar-refractivity contribution in [2.75, 3.05) is 10.6 Å². The monoisotopic (exact) mass is 475 g/mol. The summed E-state index contributed by atoms with van der Waals surface area (Å²) >= 11 is 0. The van der Waals surface area contributed by atoms with Gasteiger partial charge in [-0.3, -0.25) is 9.36 Å². The Kier molecular flexibility index (Phi) is 7.18. The van der Waals surface area contributed by atoms with Crippen molar-refractivity contribution in [2.24, 2.45) is 5.73 Å². The number of fused-ring (bicyclic) bond motifs is 1. The minimum Gasteiger partial charge on any atom is -0.370 e. The molecule has 11 heteroatoms. The lowest BCUT2D eigenvalue weighted by Crippen LogP contribution is -2.19. The number of rotatable bonds is 10. The summed E-state index contributed by atoms with van der Waals surface area (Å²) in [5.74, 6) is -3.09. The van der Waals surface area contributed by atoms with Crippen molar-refractivity contribution in [3.8, 4) is 0 Å². The lowest BCUT2D eigenvalue weighted by molar-refractivity contribution is -0.118. The maximum atomic E-state index is 14.4. The number of nitrogens with two attached hydrogens (primary N) is 1. The third-order valence-electron chi connectivity index (χ3n) is 6.08. The molecule has 34 heavy (non-hydrogen) atoms. The number of amides is 1. The molecule has 1 atom stereocenters. The van der Waals surface area contributed by atoms with Crippen molar-refractivity contribution in [1.82, 2.24) is 19.5 Å². The highest BCUT2D eigenvalue weighted by atomic mass is 19.1. The van der Waals surface area contributed by atoms with E-state index in [1.165, 1.54) is 0 Å². The van der Waals surface area contributed by atoms with E-state index in [9.17, 15) is 18.0 Å². The van der Waals surface area contributed by atoms with Gasteiger partial charge in [0.25, 0.3) is 0 Å². The summed E-state index contributed by atoms with van der Waals surface area (Å²) < 4.78 is 43.9. The Morgan fingerprint density at radius 2 is 1.88 bits per heavy atom. The molecule has 2 aromatic heterocycles. The summed E-state index contributed by atoms with van der Waals surface area (Å²) in [6.45, 7) is 1.99. The molecule has 0 aliphatic heterocycles. The molecule has 1 aromatic carbocycles. The van der Waals surface area contributed by atoms with Crippen molar-refractivity contribution in [3.05, 3.63) is 35.8 Å². The van der Waals surface area contributed by atoms with E-state index in [0.717, 1.165) is 32.1 Å². The number of nitrogens with one attached hydrogen (secondary N) is 2. The molecule has 1 fully saturated rings. The Labute approximate surface area is 195 Å². The summed E-state index contributed by atoms with van der Waals surface area (Å²) in [4.78, 5) is 25.0. The van der Waals surface area contributed by atoms with Crippen LogP contribution in [0.2, 0.25) is 0 Å². The highest BCUT2D eigenvalue weighted by molar-refractivity contribution is 5.77. The molecule has 4 rings (SSSR count). The Morgan fingerprint density at radius 3 is 2.53 bits per heavy atom. The number of anilines is 3. The van der Waals surface area contributed by atoms with Crippen molar-refractivity contribution < 1.29 is 18.0 Å². The molecule has 0 radical (unpaired) electrons. The molecule has 1 saturated carbocycles. The number of imidazole rings is 1.